The minimum absolute atomic E-state index is 0.220. The van der Waals surface area contributed by atoms with E-state index in [1.54, 1.807) is 21.3 Å². The molecule has 5 aromatic carbocycles. The maximum Gasteiger partial charge on any atom is 0.325 e. The van der Waals surface area contributed by atoms with Crippen molar-refractivity contribution >= 4 is 41.7 Å². The van der Waals surface area contributed by atoms with E-state index >= 15 is 0 Å². The minimum Gasteiger partial charge on any atom is -0.497 e. The van der Waals surface area contributed by atoms with Gasteiger partial charge in [-0.3, -0.25) is 4.57 Å². The first kappa shape index (κ1) is 36.3. The molecule has 0 heterocycles. The van der Waals surface area contributed by atoms with E-state index in [4.69, 9.17) is 18.9 Å². The van der Waals surface area contributed by atoms with E-state index in [2.05, 4.69) is 34.1 Å². The number of hydrogen-bond donors (Lipinski definition) is 2. The third-order valence-corrected chi connectivity index (χ3v) is 9.74. The predicted molar refractivity (Wildman–Crippen MR) is 201 cm³/mol. The number of benzene rings is 5. The van der Waals surface area contributed by atoms with Crippen LogP contribution in [0.1, 0.15) is 33.1 Å². The van der Waals surface area contributed by atoms with Gasteiger partial charge in [-0.05, 0) is 141 Å². The molecule has 0 spiro atoms. The second-order valence-corrected chi connectivity index (χ2v) is 13.7. The van der Waals surface area contributed by atoms with Crippen LogP contribution in [-0.4, -0.2) is 42.9 Å². The van der Waals surface area contributed by atoms with Gasteiger partial charge in [0.05, 0.1) is 27.5 Å². The van der Waals surface area contributed by atoms with Gasteiger partial charge in [-0.15, -0.1) is 0 Å². The van der Waals surface area contributed by atoms with Crippen molar-refractivity contribution in [1.82, 2.24) is 0 Å². The molecule has 0 bridgehead atoms. The lowest BCUT2D eigenvalue weighted by molar-refractivity contribution is 0.0556. The van der Waals surface area contributed by atoms with Crippen LogP contribution in [-0.2, 0) is 4.57 Å². The molecule has 0 atom stereocenters. The van der Waals surface area contributed by atoms with Crippen LogP contribution < -0.4 is 28.7 Å². The van der Waals surface area contributed by atoms with E-state index in [1.165, 1.54) is 0 Å². The van der Waals surface area contributed by atoms with Gasteiger partial charge >= 0.3 is 7.60 Å². The summed E-state index contributed by atoms with van der Waals surface area (Å²) in [6, 6.07) is 40.0. The summed E-state index contributed by atoms with van der Waals surface area (Å²) in [6.07, 6.45) is 1.29. The maximum atomic E-state index is 11.7. The fourth-order valence-electron chi connectivity index (χ4n) is 5.90. The van der Waals surface area contributed by atoms with Crippen molar-refractivity contribution in [3.8, 4) is 23.0 Å². The van der Waals surface area contributed by atoms with Crippen LogP contribution in [0.2, 0.25) is 0 Å². The fraction of sp³-hybridized carbons (Fsp3) is 0.250. The molecular formula is C40H45N2O7P. The van der Waals surface area contributed by atoms with Crippen molar-refractivity contribution in [2.24, 2.45) is 0 Å². The van der Waals surface area contributed by atoms with E-state index in [0.717, 1.165) is 51.4 Å². The van der Waals surface area contributed by atoms with Gasteiger partial charge < -0.3 is 38.5 Å². The highest BCUT2D eigenvalue weighted by molar-refractivity contribution is 7.51. The molecule has 0 aliphatic heterocycles. The molecule has 0 aromatic heterocycles. The summed E-state index contributed by atoms with van der Waals surface area (Å²) in [4.78, 5) is 23.4. The third-order valence-electron chi connectivity index (χ3n) is 8.93. The molecule has 262 valence electrons. The molecule has 0 aliphatic rings. The van der Waals surface area contributed by atoms with Gasteiger partial charge in [-0.25, -0.2) is 0 Å². The Balaban J connectivity index is 1.50. The number of ether oxygens (including phenoxy) is 4. The molecule has 50 heavy (non-hydrogen) atoms. The van der Waals surface area contributed by atoms with E-state index in [-0.39, 0.29) is 12.6 Å². The first-order valence-electron chi connectivity index (χ1n) is 16.6. The molecule has 0 saturated heterocycles. The summed E-state index contributed by atoms with van der Waals surface area (Å²) < 4.78 is 34.3. The Bertz CT molecular complexity index is 1790. The van der Waals surface area contributed by atoms with Crippen LogP contribution in [0.3, 0.4) is 0 Å². The zero-order valence-electron chi connectivity index (χ0n) is 29.2. The SMILES string of the molecule is CCC(CC)(CCP(=O)(O)O)Oc1ccc(N(c2ccc(OC)cc2)c2ccc(N(c3ccc(OC)cc3)c3ccc(OC)cc3)cc2)cc1. The van der Waals surface area contributed by atoms with E-state index in [0.29, 0.717) is 18.6 Å². The zero-order valence-corrected chi connectivity index (χ0v) is 30.0. The van der Waals surface area contributed by atoms with E-state index < -0.39 is 13.2 Å². The molecule has 5 rings (SSSR count). The van der Waals surface area contributed by atoms with Gasteiger partial charge in [0.15, 0.2) is 0 Å². The van der Waals surface area contributed by atoms with Gasteiger partial charge in [0, 0.05) is 34.1 Å². The summed E-state index contributed by atoms with van der Waals surface area (Å²) in [6.45, 7) is 3.97. The molecule has 0 unspecified atom stereocenters. The summed E-state index contributed by atoms with van der Waals surface area (Å²) in [5, 5.41) is 0. The second-order valence-electron chi connectivity index (χ2n) is 11.9. The van der Waals surface area contributed by atoms with E-state index in [9.17, 15) is 14.4 Å². The van der Waals surface area contributed by atoms with E-state index in [1.807, 2.05) is 111 Å². The van der Waals surface area contributed by atoms with Gasteiger partial charge in [-0.1, -0.05) is 13.8 Å². The van der Waals surface area contributed by atoms with Gasteiger partial charge in [0.2, 0.25) is 0 Å². The number of rotatable bonds is 16. The lowest BCUT2D eigenvalue weighted by Crippen LogP contribution is -2.35. The Morgan fingerprint density at radius 3 is 1.00 bits per heavy atom. The number of methoxy groups -OCH3 is 3. The Hall–Kier alpha value is -4.95. The average molecular weight is 697 g/mol. The van der Waals surface area contributed by atoms with Crippen molar-refractivity contribution < 1.29 is 33.3 Å². The topological polar surface area (TPSA) is 101 Å². The van der Waals surface area contributed by atoms with Gasteiger partial charge in [-0.2, -0.15) is 0 Å². The fourth-order valence-corrected chi connectivity index (χ4v) is 6.60. The smallest absolute Gasteiger partial charge is 0.325 e. The zero-order chi connectivity index (χ0) is 35.7. The van der Waals surface area contributed by atoms with Crippen LogP contribution in [0.4, 0.5) is 34.1 Å². The largest absolute Gasteiger partial charge is 0.497 e. The molecule has 0 saturated carbocycles. The third kappa shape index (κ3) is 8.79. The highest BCUT2D eigenvalue weighted by Crippen LogP contribution is 2.42. The molecule has 2 N–H and O–H groups in total. The average Bonchev–Trinajstić information content (AvgIpc) is 3.15. The number of nitrogens with zero attached hydrogens (tertiary/aromatic N) is 2. The van der Waals surface area contributed by atoms with Crippen LogP contribution >= 0.6 is 7.60 Å². The summed E-state index contributed by atoms with van der Waals surface area (Å²) in [7, 11) is 0.811. The Kier molecular flexibility index (Phi) is 11.8. The van der Waals surface area contributed by atoms with Crippen LogP contribution in [0.15, 0.2) is 121 Å². The molecule has 0 fully saturated rings. The molecule has 9 nitrogen and oxygen atoms in total. The van der Waals surface area contributed by atoms with Crippen molar-refractivity contribution in [2.75, 3.05) is 37.3 Å². The van der Waals surface area contributed by atoms with Crippen molar-refractivity contribution in [1.29, 1.82) is 0 Å². The Morgan fingerprint density at radius 1 is 0.500 bits per heavy atom. The maximum absolute atomic E-state index is 11.7. The molecule has 0 amide bonds. The molecule has 0 aliphatic carbocycles. The standard InChI is InChI=1S/C40H45N2O7P/c1-6-40(7-2,28-29-50(43,44)45)49-39-26-18-35(19-27-39)42(34-16-24-38(48-5)25-17-34)31-10-8-30(9-11-31)41(32-12-20-36(46-3)21-13-32)33-14-22-37(47-4)23-15-33/h8-27H,6-7,28-29H2,1-5H3,(H2,43,44,45). The monoisotopic (exact) mass is 696 g/mol. The molecule has 5 aromatic rings. The van der Waals surface area contributed by atoms with Crippen molar-refractivity contribution in [2.45, 2.75) is 38.7 Å². The first-order chi connectivity index (χ1) is 24.1. The lowest BCUT2D eigenvalue weighted by Gasteiger charge is -2.33. The lowest BCUT2D eigenvalue weighted by atomic mass is 9.94. The Morgan fingerprint density at radius 2 is 0.760 bits per heavy atom. The summed E-state index contributed by atoms with van der Waals surface area (Å²) >= 11 is 0. The quantitative estimate of drug-likeness (QED) is 0.0976. The van der Waals surface area contributed by atoms with Crippen LogP contribution in [0, 0.1) is 0 Å². The molecule has 0 radical (unpaired) electrons. The summed E-state index contributed by atoms with van der Waals surface area (Å²) in [5.41, 5.74) is 5.03. The van der Waals surface area contributed by atoms with Gasteiger partial charge in [0.25, 0.3) is 0 Å². The normalized spacial score (nSPS) is 11.5. The van der Waals surface area contributed by atoms with Crippen molar-refractivity contribution in [3.63, 3.8) is 0 Å². The van der Waals surface area contributed by atoms with Crippen LogP contribution in [0.5, 0.6) is 23.0 Å². The first-order valence-corrected chi connectivity index (χ1v) is 18.4. The second kappa shape index (κ2) is 16.2. The Labute approximate surface area is 294 Å². The number of anilines is 6. The number of hydrogen-bond acceptors (Lipinski definition) is 7. The minimum atomic E-state index is -4.15. The van der Waals surface area contributed by atoms with Gasteiger partial charge in [0.1, 0.15) is 28.6 Å². The predicted octanol–water partition coefficient (Wildman–Crippen LogP) is 10.2. The molecule has 10 heteroatoms. The summed E-state index contributed by atoms with van der Waals surface area (Å²) in [5.74, 6) is 2.96. The molecular weight excluding hydrogens is 651 g/mol. The van der Waals surface area contributed by atoms with Crippen LogP contribution in [0.25, 0.3) is 0 Å². The highest BCUT2D eigenvalue weighted by atomic mass is 31.2. The highest BCUT2D eigenvalue weighted by Gasteiger charge is 2.31. The van der Waals surface area contributed by atoms with Crippen molar-refractivity contribution in [3.05, 3.63) is 121 Å².